The highest BCUT2D eigenvalue weighted by Crippen LogP contribution is 2.31. The molecule has 1 unspecified atom stereocenters. The molecule has 2 aliphatic heterocycles. The van der Waals surface area contributed by atoms with Crippen molar-refractivity contribution in [3.63, 3.8) is 0 Å². The van der Waals surface area contributed by atoms with Gasteiger partial charge in [0.05, 0.1) is 24.2 Å². The molecule has 2 aliphatic rings. The number of imidazole rings is 1. The van der Waals surface area contributed by atoms with Crippen molar-refractivity contribution >= 4 is 23.3 Å². The summed E-state index contributed by atoms with van der Waals surface area (Å²) in [4.78, 5) is 33.1. The Hall–Kier alpha value is -3.27. The second-order valence-corrected chi connectivity index (χ2v) is 8.52. The van der Waals surface area contributed by atoms with Gasteiger partial charge in [-0.2, -0.15) is 4.98 Å². The molecule has 2 N–H and O–H groups in total. The van der Waals surface area contributed by atoms with Gasteiger partial charge in [-0.15, -0.1) is 0 Å². The lowest BCUT2D eigenvalue weighted by Gasteiger charge is -2.42. The number of nitrogens with one attached hydrogen (secondary N) is 2. The van der Waals surface area contributed by atoms with Crippen LogP contribution in [0.1, 0.15) is 35.1 Å². The van der Waals surface area contributed by atoms with E-state index in [0.717, 1.165) is 49.1 Å². The zero-order chi connectivity index (χ0) is 22.2. The molecule has 2 fully saturated rings. The summed E-state index contributed by atoms with van der Waals surface area (Å²) >= 11 is 0. The van der Waals surface area contributed by atoms with Crippen LogP contribution in [0.4, 0.5) is 11.8 Å². The molecule has 2 saturated heterocycles. The van der Waals surface area contributed by atoms with Crippen LogP contribution in [0.2, 0.25) is 0 Å². The minimum absolute atomic E-state index is 0.286. The minimum Gasteiger partial charge on any atom is -0.477 e. The molecule has 10 nitrogen and oxygen atoms in total. The van der Waals surface area contributed by atoms with Crippen molar-refractivity contribution in [3.8, 4) is 5.88 Å². The summed E-state index contributed by atoms with van der Waals surface area (Å²) in [5, 5.41) is 6.27. The number of fused-ring (bicyclic) bond motifs is 1. The summed E-state index contributed by atoms with van der Waals surface area (Å²) in [6.45, 7) is 10.2. The Morgan fingerprint density at radius 3 is 2.81 bits per heavy atom. The second kappa shape index (κ2) is 8.34. The fourth-order valence-electron chi connectivity index (χ4n) is 4.48. The maximum Gasteiger partial charge on any atom is 0.263 e. The van der Waals surface area contributed by atoms with Gasteiger partial charge in [0.2, 0.25) is 11.8 Å². The van der Waals surface area contributed by atoms with Crippen molar-refractivity contribution in [1.29, 1.82) is 0 Å². The van der Waals surface area contributed by atoms with Gasteiger partial charge < -0.3 is 24.7 Å². The minimum atomic E-state index is -0.360. The number of anilines is 2. The van der Waals surface area contributed by atoms with Crippen molar-refractivity contribution in [1.82, 2.24) is 29.7 Å². The molecular formula is C22H28N8O2. The van der Waals surface area contributed by atoms with Crippen LogP contribution < -0.4 is 20.3 Å². The molecule has 0 aromatic carbocycles. The molecule has 10 heteroatoms. The zero-order valence-corrected chi connectivity index (χ0v) is 18.6. The molecule has 3 aromatic heterocycles. The van der Waals surface area contributed by atoms with E-state index in [-0.39, 0.29) is 17.4 Å². The third-order valence-electron chi connectivity index (χ3n) is 6.19. The lowest BCUT2D eigenvalue weighted by Crippen LogP contribution is -2.51. The van der Waals surface area contributed by atoms with Crippen molar-refractivity contribution in [2.45, 2.75) is 27.2 Å². The number of aromatic nitrogens is 5. The smallest absolute Gasteiger partial charge is 0.263 e. The van der Waals surface area contributed by atoms with Gasteiger partial charge >= 0.3 is 0 Å². The van der Waals surface area contributed by atoms with Crippen molar-refractivity contribution < 1.29 is 9.53 Å². The number of ether oxygens (including phenoxy) is 1. The lowest BCUT2D eigenvalue weighted by molar-refractivity contribution is 0.102. The second-order valence-electron chi connectivity index (χ2n) is 8.52. The Kier molecular flexibility index (Phi) is 5.38. The van der Waals surface area contributed by atoms with Crippen molar-refractivity contribution in [2.75, 3.05) is 43.0 Å². The van der Waals surface area contributed by atoms with E-state index in [2.05, 4.69) is 35.5 Å². The summed E-state index contributed by atoms with van der Waals surface area (Å²) in [7, 11) is 0. The topological polar surface area (TPSA) is 110 Å². The molecule has 0 aliphatic carbocycles. The monoisotopic (exact) mass is 436 g/mol. The highest BCUT2D eigenvalue weighted by molar-refractivity contribution is 6.05. The summed E-state index contributed by atoms with van der Waals surface area (Å²) in [5.41, 5.74) is 2.68. The number of hydrogen-bond acceptors (Lipinski definition) is 8. The van der Waals surface area contributed by atoms with Crippen LogP contribution in [0, 0.1) is 25.7 Å². The first kappa shape index (κ1) is 20.6. The van der Waals surface area contributed by atoms with Gasteiger partial charge in [-0.25, -0.2) is 15.0 Å². The molecule has 0 saturated carbocycles. The molecule has 32 heavy (non-hydrogen) atoms. The maximum absolute atomic E-state index is 13.0. The Labute approximate surface area is 186 Å². The number of rotatable bonds is 6. The Morgan fingerprint density at radius 1 is 1.22 bits per heavy atom. The Bertz CT molecular complexity index is 1150. The van der Waals surface area contributed by atoms with Crippen LogP contribution >= 0.6 is 0 Å². The van der Waals surface area contributed by atoms with Gasteiger partial charge in [0.15, 0.2) is 5.65 Å². The van der Waals surface area contributed by atoms with E-state index in [9.17, 15) is 4.79 Å². The maximum atomic E-state index is 13.0. The highest BCUT2D eigenvalue weighted by Gasteiger charge is 2.36. The van der Waals surface area contributed by atoms with Crippen LogP contribution in [0.15, 0.2) is 18.6 Å². The van der Waals surface area contributed by atoms with Gasteiger partial charge in [-0.05, 0) is 52.1 Å². The first-order valence-corrected chi connectivity index (χ1v) is 11.1. The summed E-state index contributed by atoms with van der Waals surface area (Å²) in [6, 6.07) is 0. The van der Waals surface area contributed by atoms with Gasteiger partial charge in [-0.1, -0.05) is 0 Å². The van der Waals surface area contributed by atoms with Crippen molar-refractivity contribution in [2.24, 2.45) is 11.8 Å². The fraction of sp³-hybridized carbons (Fsp3) is 0.500. The quantitative estimate of drug-likeness (QED) is 0.602. The summed E-state index contributed by atoms with van der Waals surface area (Å²) in [5.74, 6) is 2.37. The SMILES string of the molecule is CCOc1nc(N2CC(C3CCNC3)C2)ncc1C(=O)Nc1cn2cc(C)nc2c(C)n1. The first-order chi connectivity index (χ1) is 15.5. The normalized spacial score (nSPS) is 18.7. The highest BCUT2D eigenvalue weighted by atomic mass is 16.5. The van der Waals surface area contributed by atoms with Crippen LogP contribution in [0.25, 0.3) is 5.65 Å². The van der Waals surface area contributed by atoms with E-state index in [0.29, 0.717) is 24.3 Å². The average molecular weight is 437 g/mol. The molecule has 1 atom stereocenters. The van der Waals surface area contributed by atoms with Crippen LogP contribution in [-0.2, 0) is 0 Å². The molecule has 3 aromatic rings. The predicted molar refractivity (Wildman–Crippen MR) is 120 cm³/mol. The largest absolute Gasteiger partial charge is 0.477 e. The summed E-state index contributed by atoms with van der Waals surface area (Å²) in [6.07, 6.45) is 6.42. The van der Waals surface area contributed by atoms with Gasteiger partial charge in [-0.3, -0.25) is 4.79 Å². The molecule has 0 radical (unpaired) electrons. The van der Waals surface area contributed by atoms with E-state index in [1.807, 2.05) is 31.4 Å². The van der Waals surface area contributed by atoms with E-state index < -0.39 is 0 Å². The van der Waals surface area contributed by atoms with Crippen LogP contribution in [0.5, 0.6) is 5.88 Å². The third-order valence-corrected chi connectivity index (χ3v) is 6.19. The number of aryl methyl sites for hydroxylation is 2. The predicted octanol–water partition coefficient (Wildman–Crippen LogP) is 1.83. The number of carbonyl (C=O) groups excluding carboxylic acids is 1. The Morgan fingerprint density at radius 2 is 2.06 bits per heavy atom. The lowest BCUT2D eigenvalue weighted by atomic mass is 9.85. The molecule has 5 heterocycles. The van der Waals surface area contributed by atoms with E-state index in [1.54, 1.807) is 12.4 Å². The van der Waals surface area contributed by atoms with Crippen molar-refractivity contribution in [3.05, 3.63) is 35.5 Å². The fourth-order valence-corrected chi connectivity index (χ4v) is 4.48. The average Bonchev–Trinajstić information content (AvgIpc) is 3.37. The molecule has 5 rings (SSSR count). The number of hydrogen-bond donors (Lipinski definition) is 2. The molecule has 168 valence electrons. The number of nitrogens with zero attached hydrogens (tertiary/aromatic N) is 6. The van der Waals surface area contributed by atoms with E-state index in [4.69, 9.17) is 4.74 Å². The van der Waals surface area contributed by atoms with Gasteiger partial charge in [0.1, 0.15) is 11.4 Å². The molecule has 0 bridgehead atoms. The van der Waals surface area contributed by atoms with Gasteiger partial charge in [0, 0.05) is 25.5 Å². The molecule has 0 spiro atoms. The zero-order valence-electron chi connectivity index (χ0n) is 18.6. The standard InChI is InChI=1S/C22H28N8O2/c1-4-32-21-17(8-24-22(28-21)30-10-16(11-30)15-5-6-23-7-15)20(31)27-18-12-29-9-13(2)25-19(29)14(3)26-18/h8-9,12,15-16,23H,4-7,10-11H2,1-3H3,(H,27,31). The van der Waals surface area contributed by atoms with Crippen LogP contribution in [0.3, 0.4) is 0 Å². The number of carbonyl (C=O) groups is 1. The summed E-state index contributed by atoms with van der Waals surface area (Å²) < 4.78 is 7.55. The van der Waals surface area contributed by atoms with Gasteiger partial charge in [0.25, 0.3) is 5.91 Å². The molecule has 1 amide bonds. The Balaban J connectivity index is 1.33. The van der Waals surface area contributed by atoms with E-state index in [1.165, 1.54) is 6.42 Å². The third kappa shape index (κ3) is 3.86. The van der Waals surface area contributed by atoms with Crippen LogP contribution in [-0.4, -0.2) is 63.0 Å². The number of amides is 1. The first-order valence-electron chi connectivity index (χ1n) is 11.1. The van der Waals surface area contributed by atoms with E-state index >= 15 is 0 Å². The molecular weight excluding hydrogens is 408 g/mol.